The van der Waals surface area contributed by atoms with Crippen molar-refractivity contribution in [2.24, 2.45) is 0 Å². The summed E-state index contributed by atoms with van der Waals surface area (Å²) >= 11 is 7.21. The van der Waals surface area contributed by atoms with Gasteiger partial charge >= 0.3 is 5.97 Å². The first kappa shape index (κ1) is 17.6. The summed E-state index contributed by atoms with van der Waals surface area (Å²) in [7, 11) is -3.49. The maximum Gasteiger partial charge on any atom is 0.340 e. The van der Waals surface area contributed by atoms with Crippen LogP contribution in [0.25, 0.3) is 10.2 Å². The van der Waals surface area contributed by atoms with Crippen LogP contribution >= 0.6 is 22.9 Å². The minimum absolute atomic E-state index is 0.0462. The van der Waals surface area contributed by atoms with Crippen molar-refractivity contribution >= 4 is 49.0 Å². The molecule has 3 aromatic rings. The number of thiophene rings is 1. The Morgan fingerprint density at radius 2 is 2.12 bits per heavy atom. The first-order valence-corrected chi connectivity index (χ1v) is 10.0. The molecular weight excluding hydrogens is 388 g/mol. The second-order valence-electron chi connectivity index (χ2n) is 5.14. The third-order valence-corrected chi connectivity index (χ3v) is 5.63. The quantitative estimate of drug-likeness (QED) is 0.676. The minimum Gasteiger partial charge on any atom is -0.454 e. The van der Waals surface area contributed by atoms with Gasteiger partial charge in [0.1, 0.15) is 17.1 Å². The van der Waals surface area contributed by atoms with E-state index in [1.807, 2.05) is 0 Å². The number of hydrogen-bond acceptors (Lipinski definition) is 7. The average Bonchev–Trinajstić information content (AvgIpc) is 3.01. The molecule has 0 saturated heterocycles. The van der Waals surface area contributed by atoms with Crippen LogP contribution in [0.4, 0.5) is 0 Å². The number of ether oxygens (including phenoxy) is 1. The molecule has 1 aromatic carbocycles. The van der Waals surface area contributed by atoms with E-state index in [1.54, 1.807) is 11.4 Å². The van der Waals surface area contributed by atoms with Gasteiger partial charge < -0.3 is 9.72 Å². The van der Waals surface area contributed by atoms with Crippen LogP contribution in [0.15, 0.2) is 39.3 Å². The average molecular weight is 399 g/mol. The number of H-pyrrole nitrogens is 1. The van der Waals surface area contributed by atoms with E-state index in [9.17, 15) is 18.0 Å². The van der Waals surface area contributed by atoms with Crippen molar-refractivity contribution < 1.29 is 17.9 Å². The summed E-state index contributed by atoms with van der Waals surface area (Å²) in [6.07, 6.45) is 1.02. The number of carbonyl (C=O) groups is 1. The lowest BCUT2D eigenvalue weighted by Gasteiger charge is -2.07. The molecule has 2 heterocycles. The van der Waals surface area contributed by atoms with Crippen molar-refractivity contribution in [2.45, 2.75) is 11.5 Å². The Morgan fingerprint density at radius 3 is 2.84 bits per heavy atom. The molecule has 0 atom stereocenters. The fraction of sp³-hybridized carbons (Fsp3) is 0.133. The molecule has 0 bridgehead atoms. The number of rotatable bonds is 4. The van der Waals surface area contributed by atoms with E-state index in [0.29, 0.717) is 10.2 Å². The molecule has 10 heteroatoms. The van der Waals surface area contributed by atoms with E-state index in [1.165, 1.54) is 23.5 Å². The van der Waals surface area contributed by atoms with Gasteiger partial charge in [-0.25, -0.2) is 18.2 Å². The number of carbonyl (C=O) groups excluding carboxylic acids is 1. The van der Waals surface area contributed by atoms with E-state index in [0.717, 1.165) is 12.3 Å². The molecule has 7 nitrogen and oxygen atoms in total. The maximum atomic E-state index is 12.2. The SMILES string of the molecule is CS(=O)(=O)c1ccc(Cl)c(C(=O)OCc2nc3ccsc3c(=O)[nH]2)c1. The number of nitrogens with one attached hydrogen (secondary N) is 1. The highest BCUT2D eigenvalue weighted by atomic mass is 35.5. The van der Waals surface area contributed by atoms with Crippen LogP contribution in [0, 0.1) is 0 Å². The monoisotopic (exact) mass is 398 g/mol. The van der Waals surface area contributed by atoms with Crippen molar-refractivity contribution in [3.63, 3.8) is 0 Å². The summed E-state index contributed by atoms with van der Waals surface area (Å²) in [5.74, 6) is -0.636. The number of halogens is 1. The molecule has 0 amide bonds. The lowest BCUT2D eigenvalue weighted by atomic mass is 10.2. The van der Waals surface area contributed by atoms with Gasteiger partial charge in [-0.3, -0.25) is 4.79 Å². The Labute approximate surface area is 151 Å². The molecule has 0 spiro atoms. The normalized spacial score (nSPS) is 11.6. The van der Waals surface area contributed by atoms with Crippen LogP contribution in [0.1, 0.15) is 16.2 Å². The second kappa shape index (κ2) is 6.58. The number of hydrogen-bond donors (Lipinski definition) is 1. The van der Waals surface area contributed by atoms with E-state index in [4.69, 9.17) is 16.3 Å². The van der Waals surface area contributed by atoms with Crippen LogP contribution < -0.4 is 5.56 Å². The molecule has 0 aliphatic carbocycles. The molecule has 25 heavy (non-hydrogen) atoms. The van der Waals surface area contributed by atoms with Gasteiger partial charge in [0.2, 0.25) is 0 Å². The van der Waals surface area contributed by atoms with Crippen LogP contribution in [-0.4, -0.2) is 30.6 Å². The molecule has 0 fully saturated rings. The van der Waals surface area contributed by atoms with Gasteiger partial charge in [-0.2, -0.15) is 0 Å². The van der Waals surface area contributed by atoms with E-state index < -0.39 is 15.8 Å². The molecule has 3 rings (SSSR count). The maximum absolute atomic E-state index is 12.2. The highest BCUT2D eigenvalue weighted by Crippen LogP contribution is 2.22. The number of aromatic amines is 1. The molecule has 0 radical (unpaired) electrons. The Hall–Kier alpha value is -2.23. The fourth-order valence-electron chi connectivity index (χ4n) is 2.09. The molecule has 0 saturated carbocycles. The molecule has 130 valence electrons. The Morgan fingerprint density at radius 1 is 1.36 bits per heavy atom. The van der Waals surface area contributed by atoms with Crippen molar-refractivity contribution in [2.75, 3.05) is 6.26 Å². The van der Waals surface area contributed by atoms with E-state index in [-0.39, 0.29) is 33.5 Å². The fourth-order valence-corrected chi connectivity index (χ4v) is 3.66. The van der Waals surface area contributed by atoms with Gasteiger partial charge in [-0.1, -0.05) is 11.6 Å². The number of nitrogens with zero attached hydrogens (tertiary/aromatic N) is 1. The van der Waals surface area contributed by atoms with E-state index >= 15 is 0 Å². The predicted molar refractivity (Wildman–Crippen MR) is 93.9 cm³/mol. The highest BCUT2D eigenvalue weighted by molar-refractivity contribution is 7.90. The van der Waals surface area contributed by atoms with Crippen molar-refractivity contribution in [1.29, 1.82) is 0 Å². The Balaban J connectivity index is 1.83. The van der Waals surface area contributed by atoms with Crippen LogP contribution in [0.2, 0.25) is 5.02 Å². The van der Waals surface area contributed by atoms with Crippen molar-refractivity contribution in [3.05, 3.63) is 56.4 Å². The molecule has 0 aliphatic heterocycles. The summed E-state index contributed by atoms with van der Waals surface area (Å²) in [6.45, 7) is -0.278. The lowest BCUT2D eigenvalue weighted by molar-refractivity contribution is 0.0462. The molecule has 1 N–H and O–H groups in total. The van der Waals surface area contributed by atoms with Gasteiger partial charge in [0.05, 0.1) is 21.0 Å². The van der Waals surface area contributed by atoms with E-state index in [2.05, 4.69) is 9.97 Å². The predicted octanol–water partition coefficient (Wildman–Crippen LogP) is 2.40. The van der Waals surface area contributed by atoms with Gasteiger partial charge in [-0.15, -0.1) is 11.3 Å². The first-order valence-electron chi connectivity index (χ1n) is 6.89. The molecule has 0 unspecified atom stereocenters. The van der Waals surface area contributed by atoms with Gasteiger partial charge in [-0.05, 0) is 29.6 Å². The molecular formula is C15H11ClN2O5S2. The molecule has 2 aromatic heterocycles. The van der Waals surface area contributed by atoms with Crippen molar-refractivity contribution in [1.82, 2.24) is 9.97 Å². The van der Waals surface area contributed by atoms with Gasteiger partial charge in [0, 0.05) is 6.26 Å². The number of benzene rings is 1. The van der Waals surface area contributed by atoms with Crippen LogP contribution in [0.5, 0.6) is 0 Å². The van der Waals surface area contributed by atoms with Crippen LogP contribution in [0.3, 0.4) is 0 Å². The summed E-state index contributed by atoms with van der Waals surface area (Å²) in [6, 6.07) is 5.45. The zero-order valence-electron chi connectivity index (χ0n) is 12.8. The largest absolute Gasteiger partial charge is 0.454 e. The zero-order chi connectivity index (χ0) is 18.2. The summed E-state index contributed by atoms with van der Waals surface area (Å²) in [4.78, 5) is 30.7. The highest BCUT2D eigenvalue weighted by Gasteiger charge is 2.17. The number of aromatic nitrogens is 2. The minimum atomic E-state index is -3.49. The summed E-state index contributed by atoms with van der Waals surface area (Å²) in [5, 5.41) is 1.80. The topological polar surface area (TPSA) is 106 Å². The van der Waals surface area contributed by atoms with Crippen molar-refractivity contribution in [3.8, 4) is 0 Å². The molecule has 0 aliphatic rings. The number of fused-ring (bicyclic) bond motifs is 1. The van der Waals surface area contributed by atoms with Crippen LogP contribution in [-0.2, 0) is 21.2 Å². The third-order valence-electron chi connectivity index (χ3n) is 3.29. The number of esters is 1. The third kappa shape index (κ3) is 3.73. The number of sulfone groups is 1. The lowest BCUT2D eigenvalue weighted by Crippen LogP contribution is -2.14. The first-order chi connectivity index (χ1) is 11.8. The standard InChI is InChI=1S/C15H11ClN2O5S2/c1-25(21,22)8-2-3-10(16)9(6-8)15(20)23-7-12-17-11-4-5-24-13(11)14(19)18-12/h2-6H,7H2,1H3,(H,17,18,19). The smallest absolute Gasteiger partial charge is 0.340 e. The Kier molecular flexibility index (Phi) is 4.63. The van der Waals surface area contributed by atoms with Gasteiger partial charge in [0.15, 0.2) is 9.84 Å². The summed E-state index contributed by atoms with van der Waals surface area (Å²) in [5.41, 5.74) is 0.114. The Bertz CT molecular complexity index is 1130. The summed E-state index contributed by atoms with van der Waals surface area (Å²) < 4.78 is 28.8. The zero-order valence-corrected chi connectivity index (χ0v) is 15.2. The van der Waals surface area contributed by atoms with Gasteiger partial charge in [0.25, 0.3) is 5.56 Å². The second-order valence-corrected chi connectivity index (χ2v) is 8.48.